The first-order chi connectivity index (χ1) is 16.5. The third-order valence-electron chi connectivity index (χ3n) is 4.38. The van der Waals surface area contributed by atoms with E-state index >= 15 is 0 Å². The van der Waals surface area contributed by atoms with Crippen molar-refractivity contribution in [3.63, 3.8) is 0 Å². The smallest absolute Gasteiger partial charge is 0.339 e. The number of esters is 1. The van der Waals surface area contributed by atoms with E-state index in [0.717, 1.165) is 4.90 Å². The molecule has 186 valence electrons. The molecule has 0 spiro atoms. The van der Waals surface area contributed by atoms with Crippen LogP contribution in [0.2, 0.25) is 0 Å². The number of benzene rings is 2. The van der Waals surface area contributed by atoms with Gasteiger partial charge in [0.25, 0.3) is 11.1 Å². The Balaban J connectivity index is 1.89. The average molecular weight is 631 g/mol. The van der Waals surface area contributed by atoms with Gasteiger partial charge in [-0.25, -0.2) is 0 Å². The van der Waals surface area contributed by atoms with Gasteiger partial charge in [-0.05, 0) is 91.0 Å². The molecule has 0 aliphatic carbocycles. The van der Waals surface area contributed by atoms with Crippen molar-refractivity contribution < 1.29 is 36.5 Å². The molecule has 2 aromatic carbocycles. The van der Waals surface area contributed by atoms with E-state index in [1.165, 1.54) is 24.3 Å². The molecule has 1 heterocycles. The summed E-state index contributed by atoms with van der Waals surface area (Å²) in [6.07, 6.45) is 1.10. The molecule has 0 aromatic heterocycles. The molecule has 12 heteroatoms. The first kappa shape index (κ1) is 27.0. The number of imide groups is 1. The summed E-state index contributed by atoms with van der Waals surface area (Å²) in [7, 11) is -4.11. The molecular weight excluding hydrogens is 609 g/mol. The van der Waals surface area contributed by atoms with Crippen molar-refractivity contribution in [3.05, 3.63) is 56.5 Å². The number of amides is 2. The van der Waals surface area contributed by atoms with E-state index in [1.54, 1.807) is 45.0 Å². The van der Waals surface area contributed by atoms with E-state index in [0.29, 0.717) is 20.9 Å². The Morgan fingerprint density at radius 1 is 1.17 bits per heavy atom. The topological polar surface area (TPSA) is 116 Å². The molecule has 1 fully saturated rings. The highest BCUT2D eigenvalue weighted by Crippen LogP contribution is 2.38. The van der Waals surface area contributed by atoms with Crippen LogP contribution in [-0.4, -0.2) is 49.7 Å². The molecule has 1 aliphatic rings. The van der Waals surface area contributed by atoms with Gasteiger partial charge in [0.1, 0.15) is 11.4 Å². The molecule has 0 bridgehead atoms. The lowest BCUT2D eigenvalue weighted by Gasteiger charge is -2.15. The molecular formula is C23H22INO8S2. The number of ether oxygens (including phenoxy) is 2. The highest BCUT2D eigenvalue weighted by molar-refractivity contribution is 14.1. The van der Waals surface area contributed by atoms with Crippen molar-refractivity contribution in [2.24, 2.45) is 0 Å². The minimum atomic E-state index is -4.11. The third kappa shape index (κ3) is 6.76. The van der Waals surface area contributed by atoms with Crippen molar-refractivity contribution >= 4 is 67.7 Å². The standard InChI is InChI=1S/C23H22INO8S2/c1-4-31-18-11-15(10-17(24)21(18)33-35(29,30)16-8-6-5-7-9-16)12-19-22(27)25(23(28)34-19)13-20(26)32-14(2)3/h5-12,14H,4,13H2,1-3H3/b19-12-. The number of thioether (sulfide) groups is 1. The zero-order valence-electron chi connectivity index (χ0n) is 19.0. The van der Waals surface area contributed by atoms with E-state index in [2.05, 4.69) is 0 Å². The van der Waals surface area contributed by atoms with Crippen LogP contribution in [0, 0.1) is 3.57 Å². The van der Waals surface area contributed by atoms with Crippen LogP contribution in [0.5, 0.6) is 11.5 Å². The molecule has 2 amide bonds. The number of rotatable bonds is 9. The number of halogens is 1. The predicted octanol–water partition coefficient (Wildman–Crippen LogP) is 4.45. The van der Waals surface area contributed by atoms with Crippen molar-refractivity contribution in [2.75, 3.05) is 13.2 Å². The van der Waals surface area contributed by atoms with Gasteiger partial charge in [0.15, 0.2) is 11.5 Å². The van der Waals surface area contributed by atoms with Gasteiger partial charge in [-0.1, -0.05) is 18.2 Å². The fourth-order valence-electron chi connectivity index (χ4n) is 2.98. The fraction of sp³-hybridized carbons (Fsp3) is 0.261. The van der Waals surface area contributed by atoms with E-state index in [1.807, 2.05) is 22.6 Å². The summed E-state index contributed by atoms with van der Waals surface area (Å²) >= 11 is 2.60. The number of nitrogens with zero attached hydrogens (tertiary/aromatic N) is 1. The molecule has 35 heavy (non-hydrogen) atoms. The molecule has 0 unspecified atom stereocenters. The maximum Gasteiger partial charge on any atom is 0.339 e. The fourth-order valence-corrected chi connectivity index (χ4v) is 5.68. The van der Waals surface area contributed by atoms with Gasteiger partial charge in [-0.2, -0.15) is 8.42 Å². The first-order valence-corrected chi connectivity index (χ1v) is 13.7. The second-order valence-corrected chi connectivity index (χ2v) is 11.1. The Hall–Kier alpha value is -2.58. The van der Waals surface area contributed by atoms with Gasteiger partial charge in [0.2, 0.25) is 0 Å². The normalized spacial score (nSPS) is 15.1. The van der Waals surface area contributed by atoms with Crippen LogP contribution in [0.3, 0.4) is 0 Å². The molecule has 0 saturated carbocycles. The van der Waals surface area contributed by atoms with Crippen LogP contribution >= 0.6 is 34.4 Å². The quantitative estimate of drug-likeness (QED) is 0.171. The summed E-state index contributed by atoms with van der Waals surface area (Å²) in [5, 5.41) is -0.587. The van der Waals surface area contributed by atoms with Gasteiger partial charge < -0.3 is 13.7 Å². The predicted molar refractivity (Wildman–Crippen MR) is 138 cm³/mol. The van der Waals surface area contributed by atoms with Crippen molar-refractivity contribution in [3.8, 4) is 11.5 Å². The zero-order chi connectivity index (χ0) is 25.8. The Morgan fingerprint density at radius 3 is 2.49 bits per heavy atom. The van der Waals surface area contributed by atoms with E-state index in [9.17, 15) is 22.8 Å². The lowest BCUT2D eigenvalue weighted by atomic mass is 10.2. The lowest BCUT2D eigenvalue weighted by Crippen LogP contribution is -2.35. The maximum atomic E-state index is 12.7. The molecule has 9 nitrogen and oxygen atoms in total. The maximum absolute atomic E-state index is 12.7. The van der Waals surface area contributed by atoms with Crippen LogP contribution in [0.15, 0.2) is 52.3 Å². The molecule has 0 atom stereocenters. The van der Waals surface area contributed by atoms with E-state index in [4.69, 9.17) is 13.7 Å². The molecule has 1 aliphatic heterocycles. The Bertz CT molecular complexity index is 1280. The monoisotopic (exact) mass is 631 g/mol. The van der Waals surface area contributed by atoms with Gasteiger partial charge in [-0.15, -0.1) is 0 Å². The van der Waals surface area contributed by atoms with Crippen molar-refractivity contribution in [2.45, 2.75) is 31.8 Å². The molecule has 3 rings (SSSR count). The summed E-state index contributed by atoms with van der Waals surface area (Å²) in [4.78, 5) is 37.8. The Morgan fingerprint density at radius 2 is 1.86 bits per heavy atom. The molecule has 0 radical (unpaired) electrons. The third-order valence-corrected chi connectivity index (χ3v) is 7.33. The Kier molecular flexibility index (Phi) is 8.83. The highest BCUT2D eigenvalue weighted by Gasteiger charge is 2.37. The lowest BCUT2D eigenvalue weighted by molar-refractivity contribution is -0.149. The van der Waals surface area contributed by atoms with Crippen molar-refractivity contribution in [1.82, 2.24) is 4.90 Å². The van der Waals surface area contributed by atoms with Gasteiger partial charge in [0.05, 0.1) is 21.2 Å². The second-order valence-electron chi connectivity index (χ2n) is 7.42. The summed E-state index contributed by atoms with van der Waals surface area (Å²) in [6.45, 7) is 4.82. The number of hydrogen-bond donors (Lipinski definition) is 0. The summed E-state index contributed by atoms with van der Waals surface area (Å²) in [6, 6.07) is 10.8. The van der Waals surface area contributed by atoms with E-state index < -0.39 is 33.8 Å². The second kappa shape index (κ2) is 11.4. The van der Waals surface area contributed by atoms with Crippen LogP contribution in [-0.2, 0) is 24.4 Å². The summed E-state index contributed by atoms with van der Waals surface area (Å²) in [5.74, 6) is -1.14. The SMILES string of the molecule is CCOc1cc(/C=C2\SC(=O)N(CC(=O)OC(C)C)C2=O)cc(I)c1OS(=O)(=O)c1ccccc1. The summed E-state index contributed by atoms with van der Waals surface area (Å²) in [5.41, 5.74) is 0.484. The largest absolute Gasteiger partial charge is 0.490 e. The van der Waals surface area contributed by atoms with Crippen LogP contribution < -0.4 is 8.92 Å². The first-order valence-electron chi connectivity index (χ1n) is 10.4. The number of carbonyl (C=O) groups is 3. The number of hydrogen-bond acceptors (Lipinski definition) is 9. The van der Waals surface area contributed by atoms with Crippen LogP contribution in [0.25, 0.3) is 6.08 Å². The average Bonchev–Trinajstić information content (AvgIpc) is 3.03. The van der Waals surface area contributed by atoms with Gasteiger partial charge in [0, 0.05) is 0 Å². The zero-order valence-corrected chi connectivity index (χ0v) is 22.8. The minimum Gasteiger partial charge on any atom is -0.490 e. The van der Waals surface area contributed by atoms with Crippen LogP contribution in [0.1, 0.15) is 26.3 Å². The van der Waals surface area contributed by atoms with Crippen LogP contribution in [0.4, 0.5) is 4.79 Å². The Labute approximate surface area is 221 Å². The number of carbonyl (C=O) groups excluding carboxylic acids is 3. The van der Waals surface area contributed by atoms with Gasteiger partial charge in [-0.3, -0.25) is 19.3 Å². The van der Waals surface area contributed by atoms with Crippen molar-refractivity contribution in [1.29, 1.82) is 0 Å². The molecule has 1 saturated heterocycles. The van der Waals surface area contributed by atoms with Gasteiger partial charge >= 0.3 is 16.1 Å². The summed E-state index contributed by atoms with van der Waals surface area (Å²) < 4.78 is 41.9. The minimum absolute atomic E-state index is 0.00741. The molecule has 2 aromatic rings. The molecule has 0 N–H and O–H groups in total. The van der Waals surface area contributed by atoms with E-state index in [-0.39, 0.29) is 34.0 Å². The highest BCUT2D eigenvalue weighted by atomic mass is 127.